The molecule has 3 heteroatoms. The average molecular weight is 265 g/mol. The number of aliphatic hydroxyl groups excluding tert-OH is 1. The highest BCUT2D eigenvalue weighted by molar-refractivity contribution is 5.36. The van der Waals surface area contributed by atoms with E-state index >= 15 is 0 Å². The first-order valence-electron chi connectivity index (χ1n) is 7.17. The molecule has 0 aromatic heterocycles. The summed E-state index contributed by atoms with van der Waals surface area (Å²) >= 11 is 0. The molecule has 0 spiro atoms. The Labute approximate surface area is 117 Å². The van der Waals surface area contributed by atoms with Gasteiger partial charge in [0, 0.05) is 18.7 Å². The van der Waals surface area contributed by atoms with Gasteiger partial charge in [0.05, 0.1) is 6.61 Å². The third kappa shape index (κ3) is 6.60. The highest BCUT2D eigenvalue weighted by atomic mass is 16.5. The van der Waals surface area contributed by atoms with Gasteiger partial charge in [-0.25, -0.2) is 0 Å². The minimum Gasteiger partial charge on any atom is -0.493 e. The molecule has 0 unspecified atom stereocenters. The molecule has 1 rings (SSSR count). The fraction of sp³-hybridized carbons (Fsp3) is 0.625. The summed E-state index contributed by atoms with van der Waals surface area (Å²) in [6.07, 6.45) is 1.69. The molecular formula is C16H27NO2. The normalized spacial score (nSPS) is 11.0. The maximum absolute atomic E-state index is 8.76. The molecule has 0 fully saturated rings. The van der Waals surface area contributed by atoms with Crippen LogP contribution in [0.25, 0.3) is 0 Å². The Kier molecular flexibility index (Phi) is 7.53. The van der Waals surface area contributed by atoms with Gasteiger partial charge in [-0.3, -0.25) is 0 Å². The van der Waals surface area contributed by atoms with Crippen LogP contribution < -0.4 is 10.1 Å². The lowest BCUT2D eigenvalue weighted by Crippen LogP contribution is -2.19. The second kappa shape index (κ2) is 8.94. The number of aliphatic hydroxyl groups is 1. The Morgan fingerprint density at radius 3 is 2.74 bits per heavy atom. The van der Waals surface area contributed by atoms with Crippen LogP contribution in [0.3, 0.4) is 0 Å². The van der Waals surface area contributed by atoms with Crippen LogP contribution in [0.2, 0.25) is 0 Å². The van der Waals surface area contributed by atoms with Crippen molar-refractivity contribution < 1.29 is 9.84 Å². The smallest absolute Gasteiger partial charge is 0.123 e. The Morgan fingerprint density at radius 2 is 2.05 bits per heavy atom. The number of rotatable bonds is 9. The Hall–Kier alpha value is -1.06. The molecule has 2 N–H and O–H groups in total. The molecule has 0 bridgehead atoms. The lowest BCUT2D eigenvalue weighted by atomic mass is 10.1. The van der Waals surface area contributed by atoms with E-state index in [1.54, 1.807) is 0 Å². The first-order valence-corrected chi connectivity index (χ1v) is 7.17. The van der Waals surface area contributed by atoms with E-state index in [1.807, 2.05) is 6.07 Å². The summed E-state index contributed by atoms with van der Waals surface area (Å²) in [5, 5.41) is 12.2. The summed E-state index contributed by atoms with van der Waals surface area (Å²) < 4.78 is 5.80. The largest absolute Gasteiger partial charge is 0.493 e. The zero-order valence-electron chi connectivity index (χ0n) is 12.4. The summed E-state index contributed by atoms with van der Waals surface area (Å²) in [6.45, 7) is 9.26. The van der Waals surface area contributed by atoms with E-state index in [4.69, 9.17) is 9.84 Å². The van der Waals surface area contributed by atoms with E-state index in [-0.39, 0.29) is 6.61 Å². The number of hydrogen-bond acceptors (Lipinski definition) is 3. The summed E-state index contributed by atoms with van der Waals surface area (Å²) in [7, 11) is 0. The fourth-order valence-electron chi connectivity index (χ4n) is 1.88. The molecule has 3 nitrogen and oxygen atoms in total. The summed E-state index contributed by atoms with van der Waals surface area (Å²) in [5.41, 5.74) is 2.47. The number of hydrogen-bond donors (Lipinski definition) is 2. The molecule has 0 saturated carbocycles. The molecule has 0 radical (unpaired) electrons. The molecule has 0 saturated heterocycles. The van der Waals surface area contributed by atoms with E-state index in [9.17, 15) is 0 Å². The van der Waals surface area contributed by atoms with Gasteiger partial charge in [0.25, 0.3) is 0 Å². The number of benzene rings is 1. The van der Waals surface area contributed by atoms with Crippen LogP contribution in [0.15, 0.2) is 18.2 Å². The Bertz CT molecular complexity index is 364. The molecule has 0 aliphatic heterocycles. The van der Waals surface area contributed by atoms with Gasteiger partial charge >= 0.3 is 0 Å². The predicted molar refractivity (Wildman–Crippen MR) is 79.5 cm³/mol. The molecule has 0 aliphatic rings. The first kappa shape index (κ1) is 16.0. The van der Waals surface area contributed by atoms with Crippen molar-refractivity contribution in [3.63, 3.8) is 0 Å². The molecule has 0 amide bonds. The third-order valence-corrected chi connectivity index (χ3v) is 2.89. The molecule has 1 aromatic carbocycles. The molecule has 19 heavy (non-hydrogen) atoms. The van der Waals surface area contributed by atoms with Crippen LogP contribution in [0.4, 0.5) is 0 Å². The van der Waals surface area contributed by atoms with Crippen molar-refractivity contribution in [2.45, 2.75) is 40.2 Å². The van der Waals surface area contributed by atoms with Gasteiger partial charge in [-0.2, -0.15) is 0 Å². The van der Waals surface area contributed by atoms with Crippen LogP contribution in [0.5, 0.6) is 5.75 Å². The first-order chi connectivity index (χ1) is 9.13. The number of unbranched alkanes of at least 4 members (excludes halogenated alkanes) is 1. The zero-order chi connectivity index (χ0) is 14.1. The van der Waals surface area contributed by atoms with Crippen molar-refractivity contribution in [1.82, 2.24) is 5.32 Å². The highest BCUT2D eigenvalue weighted by Crippen LogP contribution is 2.20. The Morgan fingerprint density at radius 1 is 1.26 bits per heavy atom. The maximum Gasteiger partial charge on any atom is 0.123 e. The fourth-order valence-corrected chi connectivity index (χ4v) is 1.88. The van der Waals surface area contributed by atoms with Gasteiger partial charge in [0.1, 0.15) is 5.75 Å². The van der Waals surface area contributed by atoms with Crippen LogP contribution >= 0.6 is 0 Å². The quantitative estimate of drug-likeness (QED) is 0.675. The average Bonchev–Trinajstić information content (AvgIpc) is 2.36. The van der Waals surface area contributed by atoms with Gasteiger partial charge in [-0.1, -0.05) is 31.5 Å². The van der Waals surface area contributed by atoms with E-state index in [1.165, 1.54) is 11.1 Å². The standard InChI is InChI=1S/C16H27NO2/c1-13(2)11-17-12-15-10-14(3)6-7-16(15)19-9-5-4-8-18/h6-7,10,13,17-18H,4-5,8-9,11-12H2,1-3H3. The summed E-state index contributed by atoms with van der Waals surface area (Å²) in [4.78, 5) is 0. The third-order valence-electron chi connectivity index (χ3n) is 2.89. The van der Waals surface area contributed by atoms with Gasteiger partial charge in [0.2, 0.25) is 0 Å². The topological polar surface area (TPSA) is 41.5 Å². The van der Waals surface area contributed by atoms with Crippen molar-refractivity contribution in [3.05, 3.63) is 29.3 Å². The number of ether oxygens (including phenoxy) is 1. The van der Waals surface area contributed by atoms with Crippen molar-refractivity contribution >= 4 is 0 Å². The molecule has 108 valence electrons. The van der Waals surface area contributed by atoms with Crippen molar-refractivity contribution in [3.8, 4) is 5.75 Å². The minimum atomic E-state index is 0.236. The molecule has 0 atom stereocenters. The minimum absolute atomic E-state index is 0.236. The van der Waals surface area contributed by atoms with Gasteiger partial charge in [-0.05, 0) is 38.3 Å². The maximum atomic E-state index is 8.76. The van der Waals surface area contributed by atoms with Crippen LogP contribution in [0, 0.1) is 12.8 Å². The zero-order valence-corrected chi connectivity index (χ0v) is 12.4. The number of aryl methyl sites for hydroxylation is 1. The highest BCUT2D eigenvalue weighted by Gasteiger charge is 2.04. The van der Waals surface area contributed by atoms with Crippen molar-refractivity contribution in [2.24, 2.45) is 5.92 Å². The van der Waals surface area contributed by atoms with Crippen LogP contribution in [-0.2, 0) is 6.54 Å². The SMILES string of the molecule is Cc1ccc(OCCCCO)c(CNCC(C)C)c1. The molecule has 0 aliphatic carbocycles. The monoisotopic (exact) mass is 265 g/mol. The summed E-state index contributed by atoms with van der Waals surface area (Å²) in [6, 6.07) is 6.29. The van der Waals surface area contributed by atoms with Crippen molar-refractivity contribution in [1.29, 1.82) is 0 Å². The Balaban J connectivity index is 2.53. The van der Waals surface area contributed by atoms with Gasteiger partial charge in [0.15, 0.2) is 0 Å². The van der Waals surface area contributed by atoms with Crippen LogP contribution in [0.1, 0.15) is 37.8 Å². The van der Waals surface area contributed by atoms with Crippen LogP contribution in [-0.4, -0.2) is 24.9 Å². The van der Waals surface area contributed by atoms with Gasteiger partial charge in [-0.15, -0.1) is 0 Å². The van der Waals surface area contributed by atoms with E-state index < -0.39 is 0 Å². The number of nitrogens with one attached hydrogen (secondary N) is 1. The molecular weight excluding hydrogens is 238 g/mol. The second-order valence-electron chi connectivity index (χ2n) is 5.42. The van der Waals surface area contributed by atoms with E-state index in [0.717, 1.165) is 31.7 Å². The lowest BCUT2D eigenvalue weighted by Gasteiger charge is -2.14. The van der Waals surface area contributed by atoms with E-state index in [0.29, 0.717) is 12.5 Å². The summed E-state index contributed by atoms with van der Waals surface area (Å²) in [5.74, 6) is 1.61. The van der Waals surface area contributed by atoms with E-state index in [2.05, 4.69) is 38.2 Å². The molecule has 0 heterocycles. The molecule has 1 aromatic rings. The van der Waals surface area contributed by atoms with Crippen molar-refractivity contribution in [2.75, 3.05) is 19.8 Å². The van der Waals surface area contributed by atoms with Gasteiger partial charge < -0.3 is 15.2 Å². The lowest BCUT2D eigenvalue weighted by molar-refractivity contribution is 0.252. The predicted octanol–water partition coefficient (Wildman–Crippen LogP) is 2.89. The second-order valence-corrected chi connectivity index (χ2v) is 5.42.